The fourth-order valence-electron chi connectivity index (χ4n) is 2.69. The highest BCUT2D eigenvalue weighted by molar-refractivity contribution is 5.92. The van der Waals surface area contributed by atoms with E-state index in [1.807, 2.05) is 0 Å². The first-order chi connectivity index (χ1) is 11.1. The number of aromatic nitrogens is 2. The maximum absolute atomic E-state index is 13.1. The molecule has 0 saturated carbocycles. The first-order valence-corrected chi connectivity index (χ1v) is 7.64. The monoisotopic (exact) mass is 320 g/mol. The van der Waals surface area contributed by atoms with E-state index in [-0.39, 0.29) is 11.9 Å². The van der Waals surface area contributed by atoms with E-state index in [1.165, 1.54) is 6.07 Å². The lowest BCUT2D eigenvalue weighted by Crippen LogP contribution is -2.26. The molecule has 3 N–H and O–H groups in total. The molecule has 5 nitrogen and oxygen atoms in total. The lowest BCUT2D eigenvalue weighted by Gasteiger charge is -2.05. The molecule has 7 heteroatoms. The number of carbonyl (C=O) groups excluding carboxylic acids is 1. The van der Waals surface area contributed by atoms with Gasteiger partial charge in [-0.2, -0.15) is 5.10 Å². The molecular weight excluding hydrogens is 302 g/mol. The number of halogens is 2. The standard InChI is InChI=1S/C16H18F2N4O/c17-11-4-3-10(8-12(11)18)5-7-20-16(23)15-9-14(21-22-15)13-2-1-6-19-13/h3-4,8-9,13,19H,1-2,5-7H2,(H,20,23)(H,21,22). The molecule has 1 saturated heterocycles. The first kappa shape index (κ1) is 15.6. The summed E-state index contributed by atoms with van der Waals surface area (Å²) in [5.41, 5.74) is 1.87. The first-order valence-electron chi connectivity index (χ1n) is 7.64. The van der Waals surface area contributed by atoms with Gasteiger partial charge in [-0.25, -0.2) is 8.78 Å². The molecule has 1 atom stereocenters. The predicted molar refractivity (Wildman–Crippen MR) is 81.0 cm³/mol. The van der Waals surface area contributed by atoms with Crippen LogP contribution in [0.5, 0.6) is 0 Å². The van der Waals surface area contributed by atoms with E-state index >= 15 is 0 Å². The Morgan fingerprint density at radius 2 is 2.17 bits per heavy atom. The molecule has 0 aliphatic carbocycles. The van der Waals surface area contributed by atoms with Crippen molar-refractivity contribution in [2.45, 2.75) is 25.3 Å². The number of benzene rings is 1. The molecular formula is C16H18F2N4O. The van der Waals surface area contributed by atoms with E-state index in [2.05, 4.69) is 20.8 Å². The molecule has 2 aromatic rings. The fourth-order valence-corrected chi connectivity index (χ4v) is 2.69. The van der Waals surface area contributed by atoms with Crippen molar-refractivity contribution in [1.29, 1.82) is 0 Å². The van der Waals surface area contributed by atoms with Gasteiger partial charge in [0.25, 0.3) is 5.91 Å². The lowest BCUT2D eigenvalue weighted by atomic mass is 10.1. The number of aromatic amines is 1. The molecule has 1 fully saturated rings. The lowest BCUT2D eigenvalue weighted by molar-refractivity contribution is 0.0949. The van der Waals surface area contributed by atoms with Crippen molar-refractivity contribution in [2.24, 2.45) is 0 Å². The van der Waals surface area contributed by atoms with Crippen molar-refractivity contribution in [3.05, 3.63) is 52.9 Å². The van der Waals surface area contributed by atoms with E-state index in [9.17, 15) is 13.6 Å². The highest BCUT2D eigenvalue weighted by atomic mass is 19.2. The van der Waals surface area contributed by atoms with Crippen LogP contribution in [0, 0.1) is 11.6 Å². The third-order valence-electron chi connectivity index (χ3n) is 3.95. The predicted octanol–water partition coefficient (Wildman–Crippen LogP) is 2.08. The van der Waals surface area contributed by atoms with Gasteiger partial charge < -0.3 is 10.6 Å². The van der Waals surface area contributed by atoms with Gasteiger partial charge in [-0.15, -0.1) is 0 Å². The van der Waals surface area contributed by atoms with Gasteiger partial charge in [-0.05, 0) is 49.6 Å². The number of nitrogens with zero attached hydrogens (tertiary/aromatic N) is 1. The van der Waals surface area contributed by atoms with Crippen molar-refractivity contribution in [3.8, 4) is 0 Å². The van der Waals surface area contributed by atoms with Crippen LogP contribution in [0.15, 0.2) is 24.3 Å². The molecule has 1 unspecified atom stereocenters. The molecule has 0 radical (unpaired) electrons. The summed E-state index contributed by atoms with van der Waals surface area (Å²) < 4.78 is 25.9. The quantitative estimate of drug-likeness (QED) is 0.790. The fraction of sp³-hybridized carbons (Fsp3) is 0.375. The van der Waals surface area contributed by atoms with Crippen LogP contribution in [0.25, 0.3) is 0 Å². The Labute approximate surface area is 132 Å². The van der Waals surface area contributed by atoms with Gasteiger partial charge in [0.15, 0.2) is 11.6 Å². The van der Waals surface area contributed by atoms with Crippen LogP contribution < -0.4 is 10.6 Å². The second-order valence-electron chi connectivity index (χ2n) is 5.61. The molecule has 1 aliphatic rings. The Kier molecular flexibility index (Phi) is 4.66. The number of hydrogen-bond acceptors (Lipinski definition) is 3. The normalized spacial score (nSPS) is 17.4. The zero-order valence-corrected chi connectivity index (χ0v) is 12.5. The second kappa shape index (κ2) is 6.87. The third kappa shape index (κ3) is 3.73. The summed E-state index contributed by atoms with van der Waals surface area (Å²) in [6.07, 6.45) is 2.56. The van der Waals surface area contributed by atoms with Crippen molar-refractivity contribution in [3.63, 3.8) is 0 Å². The van der Waals surface area contributed by atoms with Crippen LogP contribution in [-0.4, -0.2) is 29.2 Å². The molecule has 2 heterocycles. The molecule has 1 aromatic carbocycles. The van der Waals surface area contributed by atoms with Crippen LogP contribution >= 0.6 is 0 Å². The number of rotatable bonds is 5. The topological polar surface area (TPSA) is 69.8 Å². The summed E-state index contributed by atoms with van der Waals surface area (Å²) in [6.45, 7) is 1.30. The molecule has 0 bridgehead atoms. The number of nitrogens with one attached hydrogen (secondary N) is 3. The summed E-state index contributed by atoms with van der Waals surface area (Å²) in [5, 5.41) is 13.0. The van der Waals surface area contributed by atoms with Crippen LogP contribution in [0.4, 0.5) is 8.78 Å². The maximum atomic E-state index is 13.1. The zero-order valence-electron chi connectivity index (χ0n) is 12.5. The van der Waals surface area contributed by atoms with E-state index in [4.69, 9.17) is 0 Å². The molecule has 0 spiro atoms. The average Bonchev–Trinajstić information content (AvgIpc) is 3.20. The Balaban J connectivity index is 1.52. The minimum atomic E-state index is -0.880. The van der Waals surface area contributed by atoms with Crippen molar-refractivity contribution < 1.29 is 13.6 Å². The number of H-pyrrole nitrogens is 1. The van der Waals surface area contributed by atoms with Gasteiger partial charge >= 0.3 is 0 Å². The Bertz CT molecular complexity index is 695. The van der Waals surface area contributed by atoms with Gasteiger partial charge in [0.2, 0.25) is 0 Å². The SMILES string of the molecule is O=C(NCCc1ccc(F)c(F)c1)c1cc(C2CCCN2)[nH]n1. The number of hydrogen-bond donors (Lipinski definition) is 3. The molecule has 122 valence electrons. The van der Waals surface area contributed by atoms with Crippen LogP contribution in [-0.2, 0) is 6.42 Å². The molecule has 1 amide bonds. The second-order valence-corrected chi connectivity index (χ2v) is 5.61. The van der Waals surface area contributed by atoms with Crippen molar-refractivity contribution >= 4 is 5.91 Å². The number of amides is 1. The Hall–Kier alpha value is -2.28. The van der Waals surface area contributed by atoms with Crippen molar-refractivity contribution in [2.75, 3.05) is 13.1 Å². The van der Waals surface area contributed by atoms with Crippen LogP contribution in [0.2, 0.25) is 0 Å². The van der Waals surface area contributed by atoms with Crippen LogP contribution in [0.3, 0.4) is 0 Å². The summed E-state index contributed by atoms with van der Waals surface area (Å²) in [7, 11) is 0. The number of carbonyl (C=O) groups is 1. The summed E-state index contributed by atoms with van der Waals surface area (Å²) >= 11 is 0. The Morgan fingerprint density at radius 3 is 2.91 bits per heavy atom. The third-order valence-corrected chi connectivity index (χ3v) is 3.95. The van der Waals surface area contributed by atoms with Gasteiger partial charge in [0, 0.05) is 12.6 Å². The van der Waals surface area contributed by atoms with Gasteiger partial charge in [-0.3, -0.25) is 9.89 Å². The van der Waals surface area contributed by atoms with Gasteiger partial charge in [0.1, 0.15) is 5.69 Å². The van der Waals surface area contributed by atoms with Gasteiger partial charge in [0.05, 0.1) is 5.69 Å². The molecule has 3 rings (SSSR count). The van der Waals surface area contributed by atoms with E-state index in [0.29, 0.717) is 24.2 Å². The summed E-state index contributed by atoms with van der Waals surface area (Å²) in [6, 6.07) is 5.70. The summed E-state index contributed by atoms with van der Waals surface area (Å²) in [5.74, 6) is -2.04. The zero-order chi connectivity index (χ0) is 16.2. The van der Waals surface area contributed by atoms with Crippen LogP contribution in [0.1, 0.15) is 40.6 Å². The highest BCUT2D eigenvalue weighted by Gasteiger charge is 2.20. The molecule has 1 aromatic heterocycles. The largest absolute Gasteiger partial charge is 0.350 e. The minimum Gasteiger partial charge on any atom is -0.350 e. The van der Waals surface area contributed by atoms with E-state index < -0.39 is 11.6 Å². The average molecular weight is 320 g/mol. The van der Waals surface area contributed by atoms with E-state index in [0.717, 1.165) is 37.2 Å². The van der Waals surface area contributed by atoms with Crippen molar-refractivity contribution in [1.82, 2.24) is 20.8 Å². The maximum Gasteiger partial charge on any atom is 0.271 e. The summed E-state index contributed by atoms with van der Waals surface area (Å²) in [4.78, 5) is 12.0. The molecule has 23 heavy (non-hydrogen) atoms. The van der Waals surface area contributed by atoms with E-state index in [1.54, 1.807) is 6.07 Å². The molecule has 1 aliphatic heterocycles. The minimum absolute atomic E-state index is 0.228. The van der Waals surface area contributed by atoms with Gasteiger partial charge in [-0.1, -0.05) is 6.07 Å². The smallest absolute Gasteiger partial charge is 0.271 e. The highest BCUT2D eigenvalue weighted by Crippen LogP contribution is 2.21. The Morgan fingerprint density at radius 1 is 1.30 bits per heavy atom.